The van der Waals surface area contributed by atoms with Crippen LogP contribution in [0.4, 0.5) is 0 Å². The summed E-state index contributed by atoms with van der Waals surface area (Å²) in [7, 11) is -0.908. The Bertz CT molecular complexity index is 423. The Labute approximate surface area is 119 Å². The molecule has 19 heavy (non-hydrogen) atoms. The summed E-state index contributed by atoms with van der Waals surface area (Å²) in [5.74, 6) is 0.995. The second-order valence-electron chi connectivity index (χ2n) is 7.72. The number of rotatable bonds is 4. The first-order valence-corrected chi connectivity index (χ1v) is 11.5. The van der Waals surface area contributed by atoms with Crippen molar-refractivity contribution in [2.24, 2.45) is 5.92 Å². The molecule has 0 N–H and O–H groups in total. The fourth-order valence-corrected chi connectivity index (χ4v) is 6.29. The lowest BCUT2D eigenvalue weighted by Crippen LogP contribution is -2.33. The molecule has 2 heterocycles. The topological polar surface area (TPSA) is 3.24 Å². The van der Waals surface area contributed by atoms with Gasteiger partial charge in [-0.25, -0.2) is 0 Å². The first kappa shape index (κ1) is 13.4. The molecule has 1 nitrogen and oxygen atoms in total. The lowest BCUT2D eigenvalue weighted by molar-refractivity contribution is 0.231. The number of fused-ring (bicyclic) bond motifs is 2. The highest BCUT2D eigenvalue weighted by Gasteiger charge is 2.46. The molecule has 0 aromatic heterocycles. The van der Waals surface area contributed by atoms with Crippen LogP contribution in [0, 0.1) is 5.92 Å². The van der Waals surface area contributed by atoms with Crippen LogP contribution in [0.2, 0.25) is 25.7 Å². The van der Waals surface area contributed by atoms with Crippen molar-refractivity contribution < 1.29 is 0 Å². The van der Waals surface area contributed by atoms with Crippen LogP contribution in [0.15, 0.2) is 30.3 Å². The highest BCUT2D eigenvalue weighted by atomic mass is 28.3. The van der Waals surface area contributed by atoms with Crippen LogP contribution in [0.5, 0.6) is 0 Å². The van der Waals surface area contributed by atoms with Crippen molar-refractivity contribution in [1.82, 2.24) is 4.90 Å². The summed E-state index contributed by atoms with van der Waals surface area (Å²) in [5, 5.41) is 0. The maximum Gasteiger partial charge on any atom is 0.0446 e. The average Bonchev–Trinajstić information content (AvgIpc) is 2.85. The van der Waals surface area contributed by atoms with E-state index in [1.807, 2.05) is 0 Å². The van der Waals surface area contributed by atoms with Gasteiger partial charge in [-0.1, -0.05) is 56.0 Å². The fraction of sp³-hybridized carbons (Fsp3) is 0.647. The fourth-order valence-electron chi connectivity index (χ4n) is 4.28. The van der Waals surface area contributed by atoms with Crippen LogP contribution in [-0.4, -0.2) is 25.1 Å². The van der Waals surface area contributed by atoms with E-state index in [2.05, 4.69) is 54.9 Å². The molecule has 0 radical (unpaired) electrons. The summed E-state index contributed by atoms with van der Waals surface area (Å²) in [4.78, 5) is 2.82. The summed E-state index contributed by atoms with van der Waals surface area (Å²) in [6, 6.07) is 14.3. The Morgan fingerprint density at radius 2 is 1.84 bits per heavy atom. The molecule has 2 bridgehead atoms. The number of hydrogen-bond acceptors (Lipinski definition) is 1. The Morgan fingerprint density at radius 1 is 1.11 bits per heavy atom. The smallest absolute Gasteiger partial charge is 0.0446 e. The van der Waals surface area contributed by atoms with Gasteiger partial charge in [0, 0.05) is 26.7 Å². The molecule has 104 valence electrons. The maximum absolute atomic E-state index is 2.82. The third kappa shape index (κ3) is 2.95. The summed E-state index contributed by atoms with van der Waals surface area (Å²) in [6.07, 6.45) is 4.37. The molecule has 0 spiro atoms. The predicted molar refractivity (Wildman–Crippen MR) is 85.1 cm³/mol. The third-order valence-corrected chi connectivity index (χ3v) is 6.64. The minimum absolute atomic E-state index is 0.881. The van der Waals surface area contributed by atoms with E-state index in [-0.39, 0.29) is 0 Å². The summed E-state index contributed by atoms with van der Waals surface area (Å²) in [6.45, 7) is 8.76. The molecule has 1 aromatic carbocycles. The van der Waals surface area contributed by atoms with E-state index in [1.165, 1.54) is 37.4 Å². The van der Waals surface area contributed by atoms with Gasteiger partial charge in [0.05, 0.1) is 0 Å². The molecule has 2 saturated heterocycles. The van der Waals surface area contributed by atoms with Gasteiger partial charge in [-0.3, -0.25) is 4.90 Å². The summed E-state index contributed by atoms with van der Waals surface area (Å²) >= 11 is 0. The molecule has 0 unspecified atom stereocenters. The predicted octanol–water partition coefficient (Wildman–Crippen LogP) is 4.38. The molecule has 3 atom stereocenters. The summed E-state index contributed by atoms with van der Waals surface area (Å²) in [5.41, 5.74) is 1.49. The molecule has 1 aromatic rings. The minimum atomic E-state index is -0.908. The lowest BCUT2D eigenvalue weighted by atomic mass is 9.91. The Hall–Kier alpha value is -0.603. The van der Waals surface area contributed by atoms with Gasteiger partial charge in [0.1, 0.15) is 0 Å². The van der Waals surface area contributed by atoms with Crippen LogP contribution < -0.4 is 0 Å². The van der Waals surface area contributed by atoms with Crippen molar-refractivity contribution in [3.05, 3.63) is 35.9 Å². The zero-order valence-corrected chi connectivity index (χ0v) is 13.6. The molecule has 0 saturated carbocycles. The van der Waals surface area contributed by atoms with E-state index in [4.69, 9.17) is 0 Å². The monoisotopic (exact) mass is 273 g/mol. The van der Waals surface area contributed by atoms with E-state index in [0.29, 0.717) is 0 Å². The maximum atomic E-state index is 2.82. The molecule has 0 aliphatic carbocycles. The summed E-state index contributed by atoms with van der Waals surface area (Å²) < 4.78 is 0. The van der Waals surface area contributed by atoms with Gasteiger partial charge >= 0.3 is 0 Å². The van der Waals surface area contributed by atoms with Gasteiger partial charge in [0.25, 0.3) is 0 Å². The van der Waals surface area contributed by atoms with Gasteiger partial charge < -0.3 is 0 Å². The Kier molecular flexibility index (Phi) is 3.57. The van der Waals surface area contributed by atoms with Gasteiger partial charge in [-0.05, 0) is 30.7 Å². The van der Waals surface area contributed by atoms with Crippen LogP contribution >= 0.6 is 0 Å². The van der Waals surface area contributed by atoms with Gasteiger partial charge in [0.2, 0.25) is 0 Å². The number of benzene rings is 1. The van der Waals surface area contributed by atoms with Crippen molar-refractivity contribution in [1.29, 1.82) is 0 Å². The van der Waals surface area contributed by atoms with E-state index < -0.39 is 8.07 Å². The van der Waals surface area contributed by atoms with Crippen molar-refractivity contribution >= 4 is 8.07 Å². The van der Waals surface area contributed by atoms with E-state index >= 15 is 0 Å². The van der Waals surface area contributed by atoms with E-state index in [1.54, 1.807) is 0 Å². The van der Waals surface area contributed by atoms with Crippen molar-refractivity contribution in [2.75, 3.05) is 0 Å². The van der Waals surface area contributed by atoms with Crippen molar-refractivity contribution in [2.45, 2.75) is 63.6 Å². The minimum Gasteiger partial charge on any atom is -0.293 e. The average molecular weight is 273 g/mol. The zero-order chi connectivity index (χ0) is 13.5. The highest BCUT2D eigenvalue weighted by Crippen LogP contribution is 2.45. The van der Waals surface area contributed by atoms with Crippen LogP contribution in [-0.2, 0) is 6.54 Å². The first-order valence-electron chi connectivity index (χ1n) is 7.82. The zero-order valence-electron chi connectivity index (χ0n) is 12.6. The van der Waals surface area contributed by atoms with Crippen LogP contribution in [0.25, 0.3) is 0 Å². The first-order chi connectivity index (χ1) is 9.03. The molecule has 0 amide bonds. The Balaban J connectivity index is 1.68. The normalized spacial score (nSPS) is 31.0. The molecule has 2 aliphatic heterocycles. The lowest BCUT2D eigenvalue weighted by Gasteiger charge is -2.28. The molecular formula is C17H27NSi. The van der Waals surface area contributed by atoms with Crippen LogP contribution in [0.3, 0.4) is 0 Å². The molecule has 2 fully saturated rings. The quantitative estimate of drug-likeness (QED) is 0.736. The third-order valence-electron chi connectivity index (χ3n) is 4.89. The second kappa shape index (κ2) is 5.06. The van der Waals surface area contributed by atoms with Gasteiger partial charge in [0.15, 0.2) is 0 Å². The van der Waals surface area contributed by atoms with E-state index in [0.717, 1.165) is 18.0 Å². The second-order valence-corrected chi connectivity index (χ2v) is 13.2. The van der Waals surface area contributed by atoms with Crippen LogP contribution in [0.1, 0.15) is 24.8 Å². The van der Waals surface area contributed by atoms with Gasteiger partial charge in [-0.15, -0.1) is 0 Å². The molecular weight excluding hydrogens is 246 g/mol. The van der Waals surface area contributed by atoms with E-state index in [9.17, 15) is 0 Å². The van der Waals surface area contributed by atoms with Crippen molar-refractivity contribution in [3.8, 4) is 0 Å². The number of hydrogen-bond donors (Lipinski definition) is 0. The standard InChI is InChI=1S/C17H27NSi/c1-19(2,3)13-15-11-16-9-10-17(15)18(16)12-14-7-5-4-6-8-14/h4-8,15-17H,9-13H2,1-3H3/t15-,16+,17-/m1/s1. The molecule has 2 heteroatoms. The SMILES string of the molecule is C[Si](C)(C)C[C@H]1C[C@@H]2CC[C@H]1N2Cc1ccccc1. The Morgan fingerprint density at radius 3 is 2.53 bits per heavy atom. The largest absolute Gasteiger partial charge is 0.293 e. The molecule has 2 aliphatic rings. The van der Waals surface area contributed by atoms with Crippen molar-refractivity contribution in [3.63, 3.8) is 0 Å². The number of nitrogens with zero attached hydrogens (tertiary/aromatic N) is 1. The van der Waals surface area contributed by atoms with Gasteiger partial charge in [-0.2, -0.15) is 0 Å². The molecule has 3 rings (SSSR count). The highest BCUT2D eigenvalue weighted by molar-refractivity contribution is 6.76.